The Balaban J connectivity index is 1.57. The molecule has 0 spiro atoms. The van der Waals surface area contributed by atoms with E-state index in [0.29, 0.717) is 25.8 Å². The van der Waals surface area contributed by atoms with Crippen molar-refractivity contribution >= 4 is 11.9 Å². The number of hydrogen-bond acceptors (Lipinski definition) is 4. The van der Waals surface area contributed by atoms with Gasteiger partial charge >= 0.3 is 12.1 Å². The molecule has 2 fully saturated rings. The van der Waals surface area contributed by atoms with Gasteiger partial charge in [-0.25, -0.2) is 8.78 Å². The molecule has 2 aliphatic rings. The molecule has 38 heavy (non-hydrogen) atoms. The van der Waals surface area contributed by atoms with Crippen LogP contribution in [0.3, 0.4) is 0 Å². The molecule has 1 saturated carbocycles. The Labute approximate surface area is 217 Å². The Morgan fingerprint density at radius 3 is 2.53 bits per heavy atom. The molecular formula is C26H31F5N4O3. The van der Waals surface area contributed by atoms with Crippen LogP contribution in [0.5, 0.6) is 0 Å². The summed E-state index contributed by atoms with van der Waals surface area (Å²) in [5, 5.41) is 16.3. The number of carbonyl (C=O) groups is 2. The van der Waals surface area contributed by atoms with Gasteiger partial charge in [0.15, 0.2) is 5.69 Å². The van der Waals surface area contributed by atoms with E-state index in [1.54, 1.807) is 4.90 Å². The lowest BCUT2D eigenvalue weighted by Gasteiger charge is -2.33. The van der Waals surface area contributed by atoms with Crippen molar-refractivity contribution in [3.8, 4) is 11.3 Å². The number of nitrogens with one attached hydrogen (secondary N) is 1. The number of likely N-dealkylation sites (tertiary alicyclic amines) is 1. The number of aliphatic carboxylic acids is 1. The molecule has 1 aromatic carbocycles. The summed E-state index contributed by atoms with van der Waals surface area (Å²) < 4.78 is 70.3. The van der Waals surface area contributed by atoms with Crippen molar-refractivity contribution in [3.05, 3.63) is 41.6 Å². The summed E-state index contributed by atoms with van der Waals surface area (Å²) >= 11 is 0. The summed E-state index contributed by atoms with van der Waals surface area (Å²) in [5.74, 6) is -4.70. The van der Waals surface area contributed by atoms with Gasteiger partial charge in [-0.1, -0.05) is 31.0 Å². The van der Waals surface area contributed by atoms with Crippen molar-refractivity contribution in [2.75, 3.05) is 19.6 Å². The predicted molar refractivity (Wildman–Crippen MR) is 129 cm³/mol. The van der Waals surface area contributed by atoms with Crippen molar-refractivity contribution in [2.24, 2.45) is 0 Å². The maximum absolute atomic E-state index is 13.8. The number of hydrogen-bond donors (Lipinski definition) is 2. The highest BCUT2D eigenvalue weighted by molar-refractivity contribution is 5.94. The summed E-state index contributed by atoms with van der Waals surface area (Å²) in [4.78, 5) is 26.1. The van der Waals surface area contributed by atoms with Gasteiger partial charge in [0.2, 0.25) is 0 Å². The quantitative estimate of drug-likeness (QED) is 0.416. The highest BCUT2D eigenvalue weighted by atomic mass is 19.4. The molecule has 1 aromatic heterocycles. The van der Waals surface area contributed by atoms with Gasteiger partial charge in [0.05, 0.1) is 30.3 Å². The lowest BCUT2D eigenvalue weighted by atomic mass is 10.0. The van der Waals surface area contributed by atoms with Crippen LogP contribution >= 0.6 is 0 Å². The topological polar surface area (TPSA) is 87.5 Å². The fraction of sp³-hybridized carbons (Fsp3) is 0.577. The summed E-state index contributed by atoms with van der Waals surface area (Å²) in [6, 6.07) is 5.39. The number of nitrogens with zero attached hydrogens (tertiary/aromatic N) is 3. The average Bonchev–Trinajstić information content (AvgIpc) is 3.51. The first kappa shape index (κ1) is 28.0. The van der Waals surface area contributed by atoms with Crippen LogP contribution in [-0.4, -0.2) is 63.3 Å². The molecule has 7 nitrogen and oxygen atoms in total. The van der Waals surface area contributed by atoms with Gasteiger partial charge < -0.3 is 10.4 Å². The van der Waals surface area contributed by atoms with Crippen molar-refractivity contribution in [1.29, 1.82) is 0 Å². The molecule has 0 unspecified atom stereocenters. The largest absolute Gasteiger partial charge is 0.481 e. The van der Waals surface area contributed by atoms with Crippen LogP contribution in [0.1, 0.15) is 73.5 Å². The van der Waals surface area contributed by atoms with E-state index >= 15 is 0 Å². The molecule has 2 heterocycles. The molecule has 1 atom stereocenters. The molecule has 0 bridgehead atoms. The second-order valence-corrected chi connectivity index (χ2v) is 10.1. The SMILES string of the molecule is O=C(O)C[C@@H](CCN1CCCC(F)(F)C1)NC(=O)c1cc(-c2ccccc2C(F)(F)F)n(C2CCCC2)n1. The Hall–Kier alpha value is -3.02. The van der Waals surface area contributed by atoms with Gasteiger partial charge in [-0.05, 0) is 44.4 Å². The maximum Gasteiger partial charge on any atom is 0.417 e. The molecule has 12 heteroatoms. The summed E-state index contributed by atoms with van der Waals surface area (Å²) in [6.07, 6.45) is -1.57. The Morgan fingerprint density at radius 1 is 1.16 bits per heavy atom. The molecule has 1 saturated heterocycles. The standard InChI is InChI=1S/C26H31F5N4O3/c27-25(28)11-5-12-34(16-25)13-10-17(14-23(36)37)32-24(38)21-15-22(35(33-21)18-6-1-2-7-18)19-8-3-4-9-20(19)26(29,30)31/h3-4,8-9,15,17-18H,1-2,5-7,10-14,16H2,(H,32,38)(H,36,37)/t17-/m1/s1. The van der Waals surface area contributed by atoms with Crippen molar-refractivity contribution < 1.29 is 36.6 Å². The Morgan fingerprint density at radius 2 is 1.87 bits per heavy atom. The molecule has 1 aliphatic carbocycles. The highest BCUT2D eigenvalue weighted by Crippen LogP contribution is 2.40. The second kappa shape index (κ2) is 11.4. The van der Waals surface area contributed by atoms with Crippen LogP contribution in [0.2, 0.25) is 0 Å². The average molecular weight is 543 g/mol. The monoisotopic (exact) mass is 542 g/mol. The number of piperidine rings is 1. The fourth-order valence-corrected chi connectivity index (χ4v) is 5.36. The van der Waals surface area contributed by atoms with Crippen molar-refractivity contribution in [3.63, 3.8) is 0 Å². The second-order valence-electron chi connectivity index (χ2n) is 10.1. The molecule has 1 amide bonds. The minimum Gasteiger partial charge on any atom is -0.481 e. The number of rotatable bonds is 9. The zero-order chi connectivity index (χ0) is 27.5. The van der Waals surface area contributed by atoms with Crippen molar-refractivity contribution in [2.45, 2.75) is 75.5 Å². The first-order chi connectivity index (χ1) is 17.9. The molecular weight excluding hydrogens is 511 g/mol. The van der Waals surface area contributed by atoms with Crippen LogP contribution in [0.4, 0.5) is 22.0 Å². The summed E-state index contributed by atoms with van der Waals surface area (Å²) in [7, 11) is 0. The Bertz CT molecular complexity index is 1140. The van der Waals surface area contributed by atoms with Crippen LogP contribution in [0.25, 0.3) is 11.3 Å². The van der Waals surface area contributed by atoms with Crippen molar-refractivity contribution in [1.82, 2.24) is 20.0 Å². The van der Waals surface area contributed by atoms with E-state index in [1.807, 2.05) is 0 Å². The number of alkyl halides is 5. The third-order valence-corrected chi connectivity index (χ3v) is 7.17. The molecule has 1 aliphatic heterocycles. The number of carboxylic acid groups (broad SMARTS) is 1. The zero-order valence-electron chi connectivity index (χ0n) is 20.8. The van der Waals surface area contributed by atoms with Crippen LogP contribution < -0.4 is 5.32 Å². The molecule has 2 N–H and O–H groups in total. The minimum absolute atomic E-state index is 0.0911. The number of halogens is 5. The van der Waals surface area contributed by atoms with Gasteiger partial charge in [-0.2, -0.15) is 18.3 Å². The number of amides is 1. The Kier molecular flexibility index (Phi) is 8.39. The van der Waals surface area contributed by atoms with E-state index in [-0.39, 0.29) is 42.4 Å². The lowest BCUT2D eigenvalue weighted by Crippen LogP contribution is -2.45. The normalized spacial score (nSPS) is 19.4. The van der Waals surface area contributed by atoms with Crippen LogP contribution in [0.15, 0.2) is 30.3 Å². The molecule has 208 valence electrons. The predicted octanol–water partition coefficient (Wildman–Crippen LogP) is 5.38. The first-order valence-electron chi connectivity index (χ1n) is 12.8. The lowest BCUT2D eigenvalue weighted by molar-refractivity contribution is -0.138. The van der Waals surface area contributed by atoms with Gasteiger partial charge in [-0.15, -0.1) is 0 Å². The van der Waals surface area contributed by atoms with E-state index < -0.39 is 48.5 Å². The number of aromatic nitrogens is 2. The fourth-order valence-electron chi connectivity index (χ4n) is 5.36. The smallest absolute Gasteiger partial charge is 0.417 e. The third-order valence-electron chi connectivity index (χ3n) is 7.17. The van der Waals surface area contributed by atoms with E-state index in [4.69, 9.17) is 0 Å². The van der Waals surface area contributed by atoms with Crippen LogP contribution in [0, 0.1) is 0 Å². The number of benzene rings is 1. The summed E-state index contributed by atoms with van der Waals surface area (Å²) in [5.41, 5.74) is -0.885. The number of carboxylic acids is 1. The molecule has 2 aromatic rings. The minimum atomic E-state index is -4.61. The first-order valence-corrected chi connectivity index (χ1v) is 12.8. The van der Waals surface area contributed by atoms with Gasteiger partial charge in [0, 0.05) is 24.6 Å². The van der Waals surface area contributed by atoms with E-state index in [2.05, 4.69) is 10.4 Å². The third kappa shape index (κ3) is 6.89. The summed E-state index contributed by atoms with van der Waals surface area (Å²) in [6.45, 7) is 0.208. The molecule has 4 rings (SSSR count). The zero-order valence-corrected chi connectivity index (χ0v) is 20.8. The number of carbonyl (C=O) groups excluding carboxylic acids is 1. The van der Waals surface area contributed by atoms with Crippen LogP contribution in [-0.2, 0) is 11.0 Å². The van der Waals surface area contributed by atoms with E-state index in [0.717, 1.165) is 18.9 Å². The highest BCUT2D eigenvalue weighted by Gasteiger charge is 2.36. The van der Waals surface area contributed by atoms with Gasteiger partial charge in [0.1, 0.15) is 0 Å². The maximum atomic E-state index is 13.8. The van der Waals surface area contributed by atoms with E-state index in [1.165, 1.54) is 28.9 Å². The van der Waals surface area contributed by atoms with Gasteiger partial charge in [0.25, 0.3) is 11.8 Å². The van der Waals surface area contributed by atoms with Gasteiger partial charge in [-0.3, -0.25) is 19.2 Å². The van der Waals surface area contributed by atoms with E-state index in [9.17, 15) is 36.6 Å². The molecule has 0 radical (unpaired) electrons.